The van der Waals surface area contributed by atoms with Gasteiger partial charge in [-0.3, -0.25) is 9.36 Å². The summed E-state index contributed by atoms with van der Waals surface area (Å²) in [6.07, 6.45) is 1.55. The summed E-state index contributed by atoms with van der Waals surface area (Å²) >= 11 is 1.37. The molecule has 7 nitrogen and oxygen atoms in total. The minimum atomic E-state index is -1.16. The SMILES string of the molecule is O=C(O)c1ccc(Cn2c(-c3ccccc3)nc3scc(-c4ccco4)c3c2=O)o1. The third-order valence-electron chi connectivity index (χ3n) is 4.70. The Bertz CT molecular complexity index is 1410. The number of hydrogen-bond acceptors (Lipinski definition) is 6. The van der Waals surface area contributed by atoms with Gasteiger partial charge in [0.2, 0.25) is 5.76 Å². The minimum absolute atomic E-state index is 0.0483. The van der Waals surface area contributed by atoms with Crippen molar-refractivity contribution in [1.82, 2.24) is 9.55 Å². The fraction of sp³-hybridized carbons (Fsp3) is 0.0455. The molecule has 5 aromatic rings. The van der Waals surface area contributed by atoms with Gasteiger partial charge in [-0.2, -0.15) is 0 Å². The Kier molecular flexibility index (Phi) is 4.33. The summed E-state index contributed by atoms with van der Waals surface area (Å²) in [5, 5.41) is 11.4. The molecule has 4 aromatic heterocycles. The Morgan fingerprint density at radius 1 is 1.10 bits per heavy atom. The van der Waals surface area contributed by atoms with Crippen LogP contribution in [0.15, 0.2) is 79.9 Å². The molecule has 1 aromatic carbocycles. The second-order valence-electron chi connectivity index (χ2n) is 6.57. The number of carboxylic acids is 1. The van der Waals surface area contributed by atoms with Crippen molar-refractivity contribution in [1.29, 1.82) is 0 Å². The third-order valence-corrected chi connectivity index (χ3v) is 5.57. The van der Waals surface area contributed by atoms with E-state index in [0.717, 1.165) is 5.56 Å². The van der Waals surface area contributed by atoms with Gasteiger partial charge in [-0.05, 0) is 24.3 Å². The number of fused-ring (bicyclic) bond motifs is 1. The molecule has 0 saturated carbocycles. The summed E-state index contributed by atoms with van der Waals surface area (Å²) in [5.74, 6) is 0.0747. The fourth-order valence-electron chi connectivity index (χ4n) is 3.33. The molecule has 0 bridgehead atoms. The van der Waals surface area contributed by atoms with Crippen molar-refractivity contribution < 1.29 is 18.7 Å². The third kappa shape index (κ3) is 3.03. The van der Waals surface area contributed by atoms with E-state index in [1.54, 1.807) is 24.5 Å². The lowest BCUT2D eigenvalue weighted by Crippen LogP contribution is -2.23. The van der Waals surface area contributed by atoms with Gasteiger partial charge in [0.1, 0.15) is 22.2 Å². The maximum Gasteiger partial charge on any atom is 0.371 e. The van der Waals surface area contributed by atoms with Crippen molar-refractivity contribution >= 4 is 27.5 Å². The summed E-state index contributed by atoms with van der Waals surface area (Å²) < 4.78 is 12.4. The molecule has 0 aliphatic heterocycles. The molecule has 0 fully saturated rings. The number of nitrogens with zero attached hydrogens (tertiary/aromatic N) is 2. The number of rotatable bonds is 5. The van der Waals surface area contributed by atoms with Crippen molar-refractivity contribution in [2.45, 2.75) is 6.54 Å². The van der Waals surface area contributed by atoms with E-state index in [9.17, 15) is 9.59 Å². The monoisotopic (exact) mass is 418 g/mol. The van der Waals surface area contributed by atoms with E-state index in [4.69, 9.17) is 18.9 Å². The molecule has 5 rings (SSSR count). The number of benzene rings is 1. The molecule has 0 aliphatic rings. The molecular formula is C22H14N2O5S. The van der Waals surface area contributed by atoms with E-state index in [1.165, 1.54) is 22.0 Å². The Morgan fingerprint density at radius 3 is 2.63 bits per heavy atom. The first-order chi connectivity index (χ1) is 14.6. The molecule has 0 unspecified atom stereocenters. The molecule has 0 aliphatic carbocycles. The van der Waals surface area contributed by atoms with Crippen LogP contribution in [0.5, 0.6) is 0 Å². The van der Waals surface area contributed by atoms with E-state index in [0.29, 0.717) is 33.1 Å². The zero-order valence-electron chi connectivity index (χ0n) is 15.4. The second-order valence-corrected chi connectivity index (χ2v) is 7.43. The van der Waals surface area contributed by atoms with Gasteiger partial charge < -0.3 is 13.9 Å². The van der Waals surface area contributed by atoms with Crippen molar-refractivity contribution in [3.05, 3.63) is 88.1 Å². The van der Waals surface area contributed by atoms with Crippen LogP contribution >= 0.6 is 11.3 Å². The van der Waals surface area contributed by atoms with Gasteiger partial charge in [-0.25, -0.2) is 9.78 Å². The molecule has 0 saturated heterocycles. The van der Waals surface area contributed by atoms with Crippen LogP contribution in [-0.4, -0.2) is 20.6 Å². The summed E-state index contributed by atoms with van der Waals surface area (Å²) in [4.78, 5) is 30.1. The molecular weight excluding hydrogens is 404 g/mol. The highest BCUT2D eigenvalue weighted by atomic mass is 32.1. The Balaban J connectivity index is 1.74. The lowest BCUT2D eigenvalue weighted by Gasteiger charge is -2.12. The van der Waals surface area contributed by atoms with Crippen LogP contribution in [0.1, 0.15) is 16.3 Å². The summed E-state index contributed by atoms with van der Waals surface area (Å²) in [5.41, 5.74) is 1.20. The lowest BCUT2D eigenvalue weighted by molar-refractivity contribution is 0.0660. The van der Waals surface area contributed by atoms with Gasteiger partial charge >= 0.3 is 5.97 Å². The average Bonchev–Trinajstić information content (AvgIpc) is 3.51. The van der Waals surface area contributed by atoms with Gasteiger partial charge in [-0.1, -0.05) is 30.3 Å². The highest BCUT2D eigenvalue weighted by Gasteiger charge is 2.20. The Hall–Kier alpha value is -3.91. The second kappa shape index (κ2) is 7.16. The van der Waals surface area contributed by atoms with Crippen LogP contribution in [0.25, 0.3) is 32.9 Å². The largest absolute Gasteiger partial charge is 0.475 e. The molecule has 30 heavy (non-hydrogen) atoms. The predicted molar refractivity (Wildman–Crippen MR) is 112 cm³/mol. The molecule has 1 N–H and O–H groups in total. The first-order valence-electron chi connectivity index (χ1n) is 9.05. The number of aromatic carboxylic acids is 1. The van der Waals surface area contributed by atoms with E-state index >= 15 is 0 Å². The van der Waals surface area contributed by atoms with E-state index in [-0.39, 0.29) is 17.9 Å². The van der Waals surface area contributed by atoms with Crippen LogP contribution in [0.2, 0.25) is 0 Å². The van der Waals surface area contributed by atoms with Crippen molar-refractivity contribution in [3.8, 4) is 22.7 Å². The average molecular weight is 418 g/mol. The number of carboxylic acid groups (broad SMARTS) is 1. The fourth-order valence-corrected chi connectivity index (χ4v) is 4.24. The van der Waals surface area contributed by atoms with Crippen molar-refractivity contribution in [2.24, 2.45) is 0 Å². The Morgan fingerprint density at radius 2 is 1.93 bits per heavy atom. The number of carbonyl (C=O) groups is 1. The summed E-state index contributed by atoms with van der Waals surface area (Å²) in [6, 6.07) is 15.8. The smallest absolute Gasteiger partial charge is 0.371 e. The van der Waals surface area contributed by atoms with Gasteiger partial charge in [0, 0.05) is 16.5 Å². The number of aromatic nitrogens is 2. The van der Waals surface area contributed by atoms with E-state index in [1.807, 2.05) is 35.7 Å². The molecule has 0 amide bonds. The highest BCUT2D eigenvalue weighted by molar-refractivity contribution is 7.17. The van der Waals surface area contributed by atoms with Crippen LogP contribution in [0, 0.1) is 0 Å². The van der Waals surface area contributed by atoms with Crippen molar-refractivity contribution in [3.63, 3.8) is 0 Å². The quantitative estimate of drug-likeness (QED) is 0.443. The number of furan rings is 2. The zero-order valence-corrected chi connectivity index (χ0v) is 16.3. The molecule has 4 heterocycles. The first kappa shape index (κ1) is 18.1. The summed E-state index contributed by atoms with van der Waals surface area (Å²) in [7, 11) is 0. The van der Waals surface area contributed by atoms with Gasteiger partial charge in [0.05, 0.1) is 18.2 Å². The maximum atomic E-state index is 13.6. The zero-order chi connectivity index (χ0) is 20.7. The molecule has 8 heteroatoms. The van der Waals surface area contributed by atoms with Gasteiger partial charge in [0.25, 0.3) is 5.56 Å². The molecule has 0 spiro atoms. The van der Waals surface area contributed by atoms with Crippen molar-refractivity contribution in [2.75, 3.05) is 0 Å². The topological polar surface area (TPSA) is 98.5 Å². The first-order valence-corrected chi connectivity index (χ1v) is 9.93. The molecule has 0 radical (unpaired) electrons. The number of thiophene rings is 1. The Labute approximate surface area is 173 Å². The molecule has 0 atom stereocenters. The van der Waals surface area contributed by atoms with Crippen LogP contribution in [0.3, 0.4) is 0 Å². The van der Waals surface area contributed by atoms with Gasteiger partial charge in [0.15, 0.2) is 0 Å². The highest BCUT2D eigenvalue weighted by Crippen LogP contribution is 2.32. The standard InChI is InChI=1S/C22H14N2O5S/c25-21-18-15(16-7-4-10-28-16)12-30-20(18)23-19(13-5-2-1-3-6-13)24(21)11-14-8-9-17(29-14)22(26)27/h1-10,12H,11H2,(H,26,27). The van der Waals surface area contributed by atoms with E-state index in [2.05, 4.69) is 0 Å². The maximum absolute atomic E-state index is 13.6. The predicted octanol–water partition coefficient (Wildman–Crippen LogP) is 4.72. The van der Waals surface area contributed by atoms with Crippen LogP contribution in [0.4, 0.5) is 0 Å². The lowest BCUT2D eigenvalue weighted by atomic mass is 10.1. The van der Waals surface area contributed by atoms with Crippen LogP contribution < -0.4 is 5.56 Å². The summed E-state index contributed by atoms with van der Waals surface area (Å²) in [6.45, 7) is 0.0483. The van der Waals surface area contributed by atoms with Gasteiger partial charge in [-0.15, -0.1) is 11.3 Å². The van der Waals surface area contributed by atoms with Crippen LogP contribution in [-0.2, 0) is 6.54 Å². The molecule has 148 valence electrons. The van der Waals surface area contributed by atoms with E-state index < -0.39 is 5.97 Å². The normalized spacial score (nSPS) is 11.2. The minimum Gasteiger partial charge on any atom is -0.475 e. The number of hydrogen-bond donors (Lipinski definition) is 1.